The van der Waals surface area contributed by atoms with E-state index in [4.69, 9.17) is 21.3 Å². The number of carbonyl (C=O) groups excluding carboxylic acids is 1. The van der Waals surface area contributed by atoms with Crippen LogP contribution in [0.25, 0.3) is 15.9 Å². The van der Waals surface area contributed by atoms with Crippen molar-refractivity contribution in [1.29, 1.82) is 0 Å². The lowest BCUT2D eigenvalue weighted by Crippen LogP contribution is -2.24. The largest absolute Gasteiger partial charge is 0.497 e. The molecular weight excluding hydrogens is 562 g/mol. The number of nitrogens with one attached hydrogen (secondary N) is 1. The van der Waals surface area contributed by atoms with E-state index >= 15 is 0 Å². The smallest absolute Gasteiger partial charge is 0.270 e. The van der Waals surface area contributed by atoms with Crippen molar-refractivity contribution in [3.8, 4) is 11.4 Å². The number of nitro benzene ring substituents is 1. The van der Waals surface area contributed by atoms with Crippen molar-refractivity contribution >= 4 is 62.7 Å². The number of rotatable bonds is 8. The average Bonchev–Trinajstić information content (AvgIpc) is 3.31. The van der Waals surface area contributed by atoms with Crippen molar-refractivity contribution in [2.45, 2.75) is 30.8 Å². The third kappa shape index (κ3) is 5.68. The number of hydrogen-bond acceptors (Lipinski definition) is 9. The molecule has 0 aliphatic heterocycles. The molecule has 0 saturated carbocycles. The summed E-state index contributed by atoms with van der Waals surface area (Å²) >= 11 is 8.74. The van der Waals surface area contributed by atoms with E-state index in [0.717, 1.165) is 43.0 Å². The van der Waals surface area contributed by atoms with Crippen molar-refractivity contribution in [2.75, 3.05) is 12.9 Å². The fraction of sp³-hybridized carbons (Fsp3) is 0.231. The average molecular weight is 584 g/mol. The van der Waals surface area contributed by atoms with Crippen LogP contribution < -0.4 is 15.7 Å². The summed E-state index contributed by atoms with van der Waals surface area (Å²) in [5.41, 5.74) is 4.09. The zero-order chi connectivity index (χ0) is 27.5. The lowest BCUT2D eigenvalue weighted by Gasteiger charge is -2.14. The highest BCUT2D eigenvalue weighted by Gasteiger charge is 2.23. The first-order valence-electron chi connectivity index (χ1n) is 12.0. The van der Waals surface area contributed by atoms with Gasteiger partial charge in [-0.05, 0) is 61.6 Å². The highest BCUT2D eigenvalue weighted by molar-refractivity contribution is 7.99. The number of halogens is 1. The Kier molecular flexibility index (Phi) is 7.96. The maximum absolute atomic E-state index is 13.8. The minimum absolute atomic E-state index is 0.0702. The zero-order valence-corrected chi connectivity index (χ0v) is 23.1. The summed E-state index contributed by atoms with van der Waals surface area (Å²) in [4.78, 5) is 43.6. The molecule has 2 heterocycles. The summed E-state index contributed by atoms with van der Waals surface area (Å²) in [5.74, 6) is 0.141. The van der Waals surface area contributed by atoms with Gasteiger partial charge in [-0.1, -0.05) is 23.4 Å². The molecule has 39 heavy (non-hydrogen) atoms. The van der Waals surface area contributed by atoms with E-state index in [9.17, 15) is 19.7 Å². The molecule has 1 N–H and O–H groups in total. The van der Waals surface area contributed by atoms with Gasteiger partial charge in [0.2, 0.25) is 0 Å². The van der Waals surface area contributed by atoms with Gasteiger partial charge < -0.3 is 4.74 Å². The maximum atomic E-state index is 13.8. The Morgan fingerprint density at radius 3 is 2.79 bits per heavy atom. The van der Waals surface area contributed by atoms with Gasteiger partial charge in [-0.25, -0.2) is 10.4 Å². The molecule has 200 valence electrons. The maximum Gasteiger partial charge on any atom is 0.270 e. The molecule has 0 radical (unpaired) electrons. The van der Waals surface area contributed by atoms with Gasteiger partial charge in [0.05, 0.1) is 35.1 Å². The van der Waals surface area contributed by atoms with Crippen molar-refractivity contribution in [1.82, 2.24) is 15.0 Å². The van der Waals surface area contributed by atoms with E-state index in [1.165, 1.54) is 33.9 Å². The Labute approximate surface area is 235 Å². The Hall–Kier alpha value is -3.74. The van der Waals surface area contributed by atoms with Gasteiger partial charge in [0.1, 0.15) is 10.6 Å². The summed E-state index contributed by atoms with van der Waals surface area (Å²) < 4.78 is 6.79. The SMILES string of the molecule is COc1ccc(-n2c(SCC(=O)NN=Cc3cc([N+](=O)[O-])ccc3Cl)nc3sc4c(c3c2=O)CCCC4)cc1. The summed E-state index contributed by atoms with van der Waals surface area (Å²) in [6.45, 7) is 0. The number of aromatic nitrogens is 2. The number of amides is 1. The quantitative estimate of drug-likeness (QED) is 0.0999. The summed E-state index contributed by atoms with van der Waals surface area (Å²) in [7, 11) is 1.57. The van der Waals surface area contributed by atoms with Gasteiger partial charge >= 0.3 is 0 Å². The normalized spacial score (nSPS) is 13.0. The minimum Gasteiger partial charge on any atom is -0.497 e. The lowest BCUT2D eigenvalue weighted by molar-refractivity contribution is -0.384. The number of fused-ring (bicyclic) bond motifs is 3. The number of hydrogen-bond donors (Lipinski definition) is 1. The van der Waals surface area contributed by atoms with E-state index in [1.54, 1.807) is 42.7 Å². The number of nitrogens with zero attached hydrogens (tertiary/aromatic N) is 4. The summed E-state index contributed by atoms with van der Waals surface area (Å²) in [5, 5.41) is 16.2. The van der Waals surface area contributed by atoms with E-state index in [2.05, 4.69) is 10.5 Å². The molecule has 5 rings (SSSR count). The molecule has 2 aromatic carbocycles. The zero-order valence-electron chi connectivity index (χ0n) is 20.7. The number of methoxy groups -OCH3 is 1. The number of benzene rings is 2. The molecule has 2 aromatic heterocycles. The van der Waals surface area contributed by atoms with Crippen LogP contribution in [0.1, 0.15) is 28.8 Å². The molecule has 1 amide bonds. The highest BCUT2D eigenvalue weighted by Crippen LogP contribution is 2.35. The third-order valence-electron chi connectivity index (χ3n) is 6.20. The van der Waals surface area contributed by atoms with Crippen LogP contribution in [0.4, 0.5) is 5.69 Å². The number of thiophene rings is 1. The summed E-state index contributed by atoms with van der Waals surface area (Å²) in [6.07, 6.45) is 5.17. The molecular formula is C26H22ClN5O5S2. The molecule has 0 bridgehead atoms. The number of thioether (sulfide) groups is 1. The molecule has 10 nitrogen and oxygen atoms in total. The molecule has 0 fully saturated rings. The molecule has 0 atom stereocenters. The molecule has 13 heteroatoms. The van der Waals surface area contributed by atoms with Gasteiger partial charge in [-0.3, -0.25) is 24.3 Å². The second-order valence-electron chi connectivity index (χ2n) is 8.67. The van der Waals surface area contributed by atoms with Crippen LogP contribution in [-0.2, 0) is 17.6 Å². The number of carbonyl (C=O) groups is 1. The molecule has 1 aliphatic rings. The molecule has 1 aliphatic carbocycles. The summed E-state index contributed by atoms with van der Waals surface area (Å²) in [6, 6.07) is 11.0. The number of non-ortho nitro benzene ring substituents is 1. The second kappa shape index (κ2) is 11.6. The van der Waals surface area contributed by atoms with Crippen LogP contribution >= 0.6 is 34.7 Å². The van der Waals surface area contributed by atoms with Crippen LogP contribution in [-0.4, -0.2) is 39.5 Å². The first-order valence-corrected chi connectivity index (χ1v) is 14.1. The Morgan fingerprint density at radius 1 is 1.28 bits per heavy atom. The standard InChI is InChI=1S/C26H22ClN5O5S2/c1-37-18-9-6-16(7-10-18)31-25(34)23-19-4-2-3-5-21(19)39-24(23)29-26(31)38-14-22(33)30-28-13-15-12-17(32(35)36)8-11-20(15)27/h6-13H,2-5,14H2,1H3,(H,30,33). The number of nitro groups is 1. The van der Waals surface area contributed by atoms with Gasteiger partial charge in [0.15, 0.2) is 5.16 Å². The van der Waals surface area contributed by atoms with E-state index in [1.807, 2.05) is 0 Å². The topological polar surface area (TPSA) is 129 Å². The molecule has 0 unspecified atom stereocenters. The molecule has 0 spiro atoms. The second-order valence-corrected chi connectivity index (χ2v) is 11.1. The Balaban J connectivity index is 1.41. The van der Waals surface area contributed by atoms with Gasteiger partial charge in [-0.2, -0.15) is 5.10 Å². The van der Waals surface area contributed by atoms with Crippen LogP contribution in [0.5, 0.6) is 5.75 Å². The number of hydrazone groups is 1. The highest BCUT2D eigenvalue weighted by atomic mass is 35.5. The Morgan fingerprint density at radius 2 is 2.05 bits per heavy atom. The fourth-order valence-electron chi connectivity index (χ4n) is 4.32. The van der Waals surface area contributed by atoms with E-state index in [0.29, 0.717) is 32.4 Å². The van der Waals surface area contributed by atoms with Crippen LogP contribution in [0.2, 0.25) is 5.02 Å². The van der Waals surface area contributed by atoms with Crippen molar-refractivity contribution in [3.63, 3.8) is 0 Å². The van der Waals surface area contributed by atoms with Crippen LogP contribution in [0, 0.1) is 10.1 Å². The fourth-order valence-corrected chi connectivity index (χ4v) is 6.60. The lowest BCUT2D eigenvalue weighted by atomic mass is 9.97. The van der Waals surface area contributed by atoms with Crippen LogP contribution in [0.3, 0.4) is 0 Å². The van der Waals surface area contributed by atoms with Gasteiger partial charge in [-0.15, -0.1) is 11.3 Å². The van der Waals surface area contributed by atoms with Crippen molar-refractivity contribution < 1.29 is 14.5 Å². The number of ether oxygens (including phenoxy) is 1. The van der Waals surface area contributed by atoms with Gasteiger partial charge in [0.25, 0.3) is 17.2 Å². The molecule has 0 saturated heterocycles. The number of aryl methyl sites for hydroxylation is 2. The predicted octanol–water partition coefficient (Wildman–Crippen LogP) is 5.14. The van der Waals surface area contributed by atoms with Crippen molar-refractivity contribution in [2.24, 2.45) is 5.10 Å². The Bertz CT molecular complexity index is 1670. The van der Waals surface area contributed by atoms with Gasteiger partial charge in [0, 0.05) is 27.6 Å². The first-order chi connectivity index (χ1) is 18.9. The van der Waals surface area contributed by atoms with E-state index < -0.39 is 10.8 Å². The third-order valence-corrected chi connectivity index (χ3v) is 8.67. The van der Waals surface area contributed by atoms with E-state index in [-0.39, 0.29) is 22.0 Å². The monoisotopic (exact) mass is 583 g/mol. The predicted molar refractivity (Wildman–Crippen MR) is 153 cm³/mol. The van der Waals surface area contributed by atoms with Crippen molar-refractivity contribution in [3.05, 3.63) is 84.0 Å². The molecule has 4 aromatic rings. The first kappa shape index (κ1) is 26.9. The van der Waals surface area contributed by atoms with Crippen LogP contribution in [0.15, 0.2) is 57.5 Å². The minimum atomic E-state index is -0.543.